The van der Waals surface area contributed by atoms with Gasteiger partial charge in [0.05, 0.1) is 22.6 Å². The minimum atomic E-state index is -0.439. The van der Waals surface area contributed by atoms with Gasteiger partial charge in [-0.3, -0.25) is 14.2 Å². The number of rotatable bonds is 7. The topological polar surface area (TPSA) is 55.2 Å². The Labute approximate surface area is 223 Å². The highest BCUT2D eigenvalue weighted by atomic mass is 16.2. The lowest BCUT2D eigenvalue weighted by atomic mass is 10.0. The lowest BCUT2D eigenvalue weighted by Gasteiger charge is -2.31. The van der Waals surface area contributed by atoms with Crippen LogP contribution in [0.15, 0.2) is 95.8 Å². The molecule has 0 fully saturated rings. The lowest BCUT2D eigenvalue weighted by Crippen LogP contribution is -2.38. The van der Waals surface area contributed by atoms with E-state index in [1.165, 1.54) is 0 Å². The quantitative estimate of drug-likeness (QED) is 0.238. The molecule has 0 radical (unpaired) electrons. The fourth-order valence-electron chi connectivity index (χ4n) is 4.94. The first-order valence-corrected chi connectivity index (χ1v) is 13.2. The zero-order valence-electron chi connectivity index (χ0n) is 22.4. The van der Waals surface area contributed by atoms with Crippen LogP contribution < -0.4 is 5.56 Å². The van der Waals surface area contributed by atoms with Crippen LogP contribution in [0.2, 0.25) is 0 Å². The molecular formula is C33H33N3O2. The molecule has 0 N–H and O–H groups in total. The first kappa shape index (κ1) is 25.4. The second kappa shape index (κ2) is 10.6. The largest absolute Gasteiger partial charge is 0.329 e. The standard InChI is InChI=1S/C33H33N3O2/c1-22(2)18-19-35(32(37)27-17-16-25-11-5-6-12-26(25)21-27)24(4)31-34-30-15-8-7-14-29(30)33(38)36(31)28-13-9-10-23(3)20-28/h5-17,20-22,24H,18-19H2,1-4H3. The van der Waals surface area contributed by atoms with Gasteiger partial charge in [0.1, 0.15) is 5.82 Å². The summed E-state index contributed by atoms with van der Waals surface area (Å²) < 4.78 is 1.68. The number of para-hydroxylation sites is 1. The van der Waals surface area contributed by atoms with Gasteiger partial charge in [-0.25, -0.2) is 4.98 Å². The van der Waals surface area contributed by atoms with Crippen molar-refractivity contribution in [2.45, 2.75) is 40.2 Å². The number of carbonyl (C=O) groups excluding carboxylic acids is 1. The van der Waals surface area contributed by atoms with E-state index in [0.29, 0.717) is 34.8 Å². The van der Waals surface area contributed by atoms with Crippen LogP contribution in [0, 0.1) is 12.8 Å². The molecule has 5 heteroatoms. The Morgan fingerprint density at radius 2 is 1.61 bits per heavy atom. The molecule has 1 heterocycles. The summed E-state index contributed by atoms with van der Waals surface area (Å²) in [6.45, 7) is 8.84. The van der Waals surface area contributed by atoms with E-state index in [9.17, 15) is 9.59 Å². The number of aryl methyl sites for hydroxylation is 1. The van der Waals surface area contributed by atoms with Crippen LogP contribution in [-0.4, -0.2) is 26.9 Å². The summed E-state index contributed by atoms with van der Waals surface area (Å²) in [5.74, 6) is 0.900. The van der Waals surface area contributed by atoms with Crippen molar-refractivity contribution in [3.05, 3.63) is 118 Å². The SMILES string of the molecule is Cc1cccc(-n2c(C(C)N(CCC(C)C)C(=O)c3ccc4ccccc4c3)nc3ccccc3c2=O)c1. The van der Waals surface area contributed by atoms with Crippen molar-refractivity contribution in [3.8, 4) is 5.69 Å². The number of benzene rings is 4. The number of fused-ring (bicyclic) bond motifs is 2. The minimum absolute atomic E-state index is 0.0675. The monoisotopic (exact) mass is 503 g/mol. The van der Waals surface area contributed by atoms with Gasteiger partial charge in [-0.1, -0.05) is 68.4 Å². The molecule has 0 saturated carbocycles. The molecule has 4 aromatic carbocycles. The Balaban J connectivity index is 1.67. The number of hydrogen-bond acceptors (Lipinski definition) is 3. The fourth-order valence-corrected chi connectivity index (χ4v) is 4.94. The predicted molar refractivity (Wildman–Crippen MR) is 155 cm³/mol. The molecule has 5 rings (SSSR count). The van der Waals surface area contributed by atoms with Crippen LogP contribution in [0.5, 0.6) is 0 Å². The van der Waals surface area contributed by atoms with Gasteiger partial charge in [0, 0.05) is 12.1 Å². The van der Waals surface area contributed by atoms with Crippen molar-refractivity contribution >= 4 is 27.6 Å². The van der Waals surface area contributed by atoms with E-state index in [2.05, 4.69) is 13.8 Å². The zero-order chi connectivity index (χ0) is 26.8. The summed E-state index contributed by atoms with van der Waals surface area (Å²) in [7, 11) is 0. The Hall–Kier alpha value is -4.25. The Morgan fingerprint density at radius 3 is 2.37 bits per heavy atom. The lowest BCUT2D eigenvalue weighted by molar-refractivity contribution is 0.0671. The molecule has 0 aliphatic heterocycles. The summed E-state index contributed by atoms with van der Waals surface area (Å²) in [6, 6.07) is 28.7. The molecule has 0 spiro atoms. The van der Waals surface area contributed by atoms with E-state index in [1.54, 1.807) is 4.57 Å². The third-order valence-electron chi connectivity index (χ3n) is 7.11. The van der Waals surface area contributed by atoms with Gasteiger partial charge in [0.15, 0.2) is 0 Å². The average Bonchev–Trinajstić information content (AvgIpc) is 2.92. The highest BCUT2D eigenvalue weighted by molar-refractivity contribution is 5.98. The number of hydrogen-bond donors (Lipinski definition) is 0. The summed E-state index contributed by atoms with van der Waals surface area (Å²) in [5, 5.41) is 2.67. The van der Waals surface area contributed by atoms with Gasteiger partial charge < -0.3 is 4.90 Å². The normalized spacial score (nSPS) is 12.2. The summed E-state index contributed by atoms with van der Waals surface area (Å²) >= 11 is 0. The first-order valence-electron chi connectivity index (χ1n) is 13.2. The second-order valence-electron chi connectivity index (χ2n) is 10.4. The highest BCUT2D eigenvalue weighted by Gasteiger charge is 2.28. The van der Waals surface area contributed by atoms with Crippen molar-refractivity contribution in [1.82, 2.24) is 14.5 Å². The molecule has 1 amide bonds. The Bertz CT molecular complexity index is 1690. The molecule has 0 aliphatic rings. The molecule has 0 saturated heterocycles. The average molecular weight is 504 g/mol. The third-order valence-corrected chi connectivity index (χ3v) is 7.11. The van der Waals surface area contributed by atoms with Crippen LogP contribution in [0.25, 0.3) is 27.4 Å². The maximum absolute atomic E-state index is 14.1. The van der Waals surface area contributed by atoms with Crippen LogP contribution in [0.3, 0.4) is 0 Å². The Morgan fingerprint density at radius 1 is 0.868 bits per heavy atom. The first-order chi connectivity index (χ1) is 18.3. The molecule has 5 nitrogen and oxygen atoms in total. The number of carbonyl (C=O) groups is 1. The van der Waals surface area contributed by atoms with E-state index in [-0.39, 0.29) is 11.5 Å². The fraction of sp³-hybridized carbons (Fsp3) is 0.242. The second-order valence-corrected chi connectivity index (χ2v) is 10.4. The van der Waals surface area contributed by atoms with Crippen molar-refractivity contribution < 1.29 is 4.79 Å². The summed E-state index contributed by atoms with van der Waals surface area (Å²) in [6.07, 6.45) is 0.839. The smallest absolute Gasteiger partial charge is 0.266 e. The van der Waals surface area contributed by atoms with Gasteiger partial charge in [-0.15, -0.1) is 0 Å². The van der Waals surface area contributed by atoms with Crippen molar-refractivity contribution in [2.24, 2.45) is 5.92 Å². The van der Waals surface area contributed by atoms with Crippen molar-refractivity contribution in [1.29, 1.82) is 0 Å². The predicted octanol–water partition coefficient (Wildman–Crippen LogP) is 7.10. The maximum atomic E-state index is 14.1. The molecule has 1 unspecified atom stereocenters. The number of aromatic nitrogens is 2. The maximum Gasteiger partial charge on any atom is 0.266 e. The van der Waals surface area contributed by atoms with E-state index in [1.807, 2.05) is 110 Å². The van der Waals surface area contributed by atoms with Crippen molar-refractivity contribution in [3.63, 3.8) is 0 Å². The van der Waals surface area contributed by atoms with E-state index >= 15 is 0 Å². The highest BCUT2D eigenvalue weighted by Crippen LogP contribution is 2.27. The molecule has 0 aliphatic carbocycles. The van der Waals surface area contributed by atoms with E-state index < -0.39 is 6.04 Å². The molecule has 1 atom stereocenters. The van der Waals surface area contributed by atoms with Gasteiger partial charge >= 0.3 is 0 Å². The molecule has 0 bridgehead atoms. The zero-order valence-corrected chi connectivity index (χ0v) is 22.4. The van der Waals surface area contributed by atoms with Gasteiger partial charge in [-0.2, -0.15) is 0 Å². The van der Waals surface area contributed by atoms with Crippen LogP contribution in [-0.2, 0) is 0 Å². The molecule has 38 heavy (non-hydrogen) atoms. The minimum Gasteiger partial charge on any atom is -0.329 e. The van der Waals surface area contributed by atoms with E-state index in [4.69, 9.17) is 4.98 Å². The van der Waals surface area contributed by atoms with Gasteiger partial charge in [0.25, 0.3) is 11.5 Å². The van der Waals surface area contributed by atoms with Crippen molar-refractivity contribution in [2.75, 3.05) is 6.54 Å². The third kappa shape index (κ3) is 4.97. The molecule has 1 aromatic heterocycles. The van der Waals surface area contributed by atoms with E-state index in [0.717, 1.165) is 28.4 Å². The number of nitrogens with zero attached hydrogens (tertiary/aromatic N) is 3. The molecule has 5 aromatic rings. The van der Waals surface area contributed by atoms with Crippen LogP contribution in [0.1, 0.15) is 55.0 Å². The van der Waals surface area contributed by atoms with Gasteiger partial charge in [0.2, 0.25) is 0 Å². The van der Waals surface area contributed by atoms with Gasteiger partial charge in [-0.05, 0) is 78.9 Å². The molecule has 192 valence electrons. The van der Waals surface area contributed by atoms with Crippen LogP contribution in [0.4, 0.5) is 0 Å². The van der Waals surface area contributed by atoms with Crippen LogP contribution >= 0.6 is 0 Å². The molecular weight excluding hydrogens is 470 g/mol. The Kier molecular flexibility index (Phi) is 7.10. The summed E-state index contributed by atoms with van der Waals surface area (Å²) in [4.78, 5) is 34.8. The number of amides is 1. The summed E-state index contributed by atoms with van der Waals surface area (Å²) in [5.41, 5.74) is 2.92.